The Bertz CT molecular complexity index is 799. The Kier molecular flexibility index (Phi) is 7.08. The fourth-order valence-corrected chi connectivity index (χ4v) is 9.92. The Morgan fingerprint density at radius 1 is 0.853 bits per heavy atom. The molecular formula is C31H52N2O. The number of rotatable bonds is 7. The second-order valence-electron chi connectivity index (χ2n) is 13.9. The lowest BCUT2D eigenvalue weighted by Gasteiger charge is -2.63. The average Bonchev–Trinajstić information content (AvgIpc) is 3.61. The van der Waals surface area contributed by atoms with E-state index in [4.69, 9.17) is 0 Å². The van der Waals surface area contributed by atoms with Crippen molar-refractivity contribution in [3.8, 4) is 0 Å². The predicted molar refractivity (Wildman–Crippen MR) is 143 cm³/mol. The Hall–Kier alpha value is -0.700. The quantitative estimate of drug-likeness (QED) is 0.298. The molecule has 0 bridgehead atoms. The lowest BCUT2D eigenvalue weighted by Crippen LogP contribution is -2.56. The fourth-order valence-electron chi connectivity index (χ4n) is 9.92. The van der Waals surface area contributed by atoms with E-state index in [2.05, 4.69) is 44.8 Å². The molecule has 0 amide bonds. The van der Waals surface area contributed by atoms with Crippen LogP contribution in [0.5, 0.6) is 0 Å². The van der Waals surface area contributed by atoms with E-state index in [-0.39, 0.29) is 6.10 Å². The first kappa shape index (κ1) is 25.0. The molecule has 0 aliphatic heterocycles. The van der Waals surface area contributed by atoms with Gasteiger partial charge in [0.2, 0.25) is 0 Å². The molecule has 3 nitrogen and oxygen atoms in total. The minimum absolute atomic E-state index is 0.0382. The van der Waals surface area contributed by atoms with Crippen molar-refractivity contribution in [2.75, 3.05) is 0 Å². The Morgan fingerprint density at radius 3 is 2.32 bits per heavy atom. The van der Waals surface area contributed by atoms with Crippen LogP contribution in [0.15, 0.2) is 10.2 Å². The van der Waals surface area contributed by atoms with Gasteiger partial charge in [-0.3, -0.25) is 0 Å². The van der Waals surface area contributed by atoms with Gasteiger partial charge in [0, 0.05) is 11.4 Å². The number of aliphatic hydroxyl groups is 1. The molecule has 9 atom stereocenters. The highest BCUT2D eigenvalue weighted by Crippen LogP contribution is 2.69. The number of fused-ring (bicyclic) bond motifs is 5. The number of hydrogen-bond donors (Lipinski definition) is 1. The van der Waals surface area contributed by atoms with Crippen LogP contribution < -0.4 is 0 Å². The highest BCUT2D eigenvalue weighted by molar-refractivity contribution is 5.88. The van der Waals surface area contributed by atoms with Crippen LogP contribution in [0.2, 0.25) is 0 Å². The van der Waals surface area contributed by atoms with Gasteiger partial charge in [-0.1, -0.05) is 27.2 Å². The summed E-state index contributed by atoms with van der Waals surface area (Å²) in [5.41, 5.74) is 3.50. The first-order valence-corrected chi connectivity index (χ1v) is 15.0. The second kappa shape index (κ2) is 9.64. The standard InChI is InChI=1S/C31H52N2O/c1-6-22-18-26-27-13-12-24(9-7-8-20(2)32-33-21(3)23-10-11-23)30(27,4)17-15-28(26)31(5)16-14-25(34)19-29(22)31/h22-29,34H,6-19H2,1-5H3/b32-20+,33-21+/t22-,24?,25+,26?,27?,28-,29?,30?,31?/m0/s1. The third-order valence-corrected chi connectivity index (χ3v) is 12.2. The van der Waals surface area contributed by atoms with Crippen LogP contribution in [0.1, 0.15) is 125 Å². The largest absolute Gasteiger partial charge is 0.393 e. The molecule has 3 heteroatoms. The van der Waals surface area contributed by atoms with Crippen molar-refractivity contribution in [2.45, 2.75) is 131 Å². The monoisotopic (exact) mass is 468 g/mol. The van der Waals surface area contributed by atoms with Crippen LogP contribution in [0.3, 0.4) is 0 Å². The van der Waals surface area contributed by atoms with Gasteiger partial charge in [-0.05, 0) is 150 Å². The van der Waals surface area contributed by atoms with Crippen molar-refractivity contribution < 1.29 is 5.11 Å². The highest BCUT2D eigenvalue weighted by Gasteiger charge is 2.61. The lowest BCUT2D eigenvalue weighted by atomic mass is 9.42. The van der Waals surface area contributed by atoms with E-state index in [1.165, 1.54) is 82.1 Å². The highest BCUT2D eigenvalue weighted by atomic mass is 16.3. The van der Waals surface area contributed by atoms with Crippen LogP contribution in [0.25, 0.3) is 0 Å². The molecule has 5 aliphatic rings. The molecule has 192 valence electrons. The minimum Gasteiger partial charge on any atom is -0.393 e. The van der Waals surface area contributed by atoms with E-state index in [9.17, 15) is 5.11 Å². The molecule has 5 fully saturated rings. The van der Waals surface area contributed by atoms with Crippen molar-refractivity contribution in [1.82, 2.24) is 0 Å². The first-order chi connectivity index (χ1) is 16.3. The molecule has 5 rings (SSSR count). The maximum atomic E-state index is 10.5. The smallest absolute Gasteiger partial charge is 0.0543 e. The SMILES string of the molecule is CC[C@H]1CC2C3CCC(CCC/C(C)=N/N=C(\C)C4CC4)C3(C)CC[C@@H]2C2(C)CC[C@@H](O)CC12. The molecule has 0 aromatic heterocycles. The van der Waals surface area contributed by atoms with E-state index in [1.807, 2.05) is 0 Å². The summed E-state index contributed by atoms with van der Waals surface area (Å²) in [7, 11) is 0. The molecule has 0 radical (unpaired) electrons. The van der Waals surface area contributed by atoms with E-state index in [1.54, 1.807) is 0 Å². The van der Waals surface area contributed by atoms with Gasteiger partial charge >= 0.3 is 0 Å². The first-order valence-electron chi connectivity index (χ1n) is 15.0. The van der Waals surface area contributed by atoms with Gasteiger partial charge in [-0.15, -0.1) is 0 Å². The number of nitrogens with zero attached hydrogens (tertiary/aromatic N) is 2. The molecule has 34 heavy (non-hydrogen) atoms. The van der Waals surface area contributed by atoms with Crippen molar-refractivity contribution in [1.29, 1.82) is 0 Å². The summed E-state index contributed by atoms with van der Waals surface area (Å²) < 4.78 is 0. The second-order valence-corrected chi connectivity index (χ2v) is 13.9. The van der Waals surface area contributed by atoms with Gasteiger partial charge < -0.3 is 5.11 Å². The molecule has 6 unspecified atom stereocenters. The predicted octanol–water partition coefficient (Wildman–Crippen LogP) is 8.06. The van der Waals surface area contributed by atoms with Crippen LogP contribution in [0, 0.1) is 52.3 Å². The van der Waals surface area contributed by atoms with Crippen LogP contribution in [-0.2, 0) is 0 Å². The van der Waals surface area contributed by atoms with Gasteiger partial charge in [0.15, 0.2) is 0 Å². The number of aliphatic hydroxyl groups excluding tert-OH is 1. The molecule has 5 saturated carbocycles. The summed E-state index contributed by atoms with van der Waals surface area (Å²) in [5, 5.41) is 19.6. The normalized spacial score (nSPS) is 47.2. The van der Waals surface area contributed by atoms with E-state index >= 15 is 0 Å². The topological polar surface area (TPSA) is 45.0 Å². The summed E-state index contributed by atoms with van der Waals surface area (Å²) in [5.74, 6) is 6.01. The van der Waals surface area contributed by atoms with Gasteiger partial charge in [0.05, 0.1) is 6.10 Å². The maximum Gasteiger partial charge on any atom is 0.0543 e. The van der Waals surface area contributed by atoms with Gasteiger partial charge in [-0.2, -0.15) is 10.2 Å². The molecule has 0 heterocycles. The van der Waals surface area contributed by atoms with E-state index < -0.39 is 0 Å². The van der Waals surface area contributed by atoms with Crippen LogP contribution in [-0.4, -0.2) is 22.6 Å². The molecule has 0 aromatic carbocycles. The zero-order chi connectivity index (χ0) is 24.1. The molecular weight excluding hydrogens is 416 g/mol. The lowest BCUT2D eigenvalue weighted by molar-refractivity contribution is -0.150. The van der Waals surface area contributed by atoms with Crippen LogP contribution in [0.4, 0.5) is 0 Å². The summed E-state index contributed by atoms with van der Waals surface area (Å²) in [6.45, 7) is 12.1. The Morgan fingerprint density at radius 2 is 1.59 bits per heavy atom. The summed E-state index contributed by atoms with van der Waals surface area (Å²) in [6.07, 6.45) is 18.3. The molecule has 5 aliphatic carbocycles. The van der Waals surface area contributed by atoms with Gasteiger partial charge in [0.1, 0.15) is 0 Å². The zero-order valence-electron chi connectivity index (χ0n) is 22.9. The summed E-state index contributed by atoms with van der Waals surface area (Å²) >= 11 is 0. The Balaban J connectivity index is 1.23. The summed E-state index contributed by atoms with van der Waals surface area (Å²) in [4.78, 5) is 0. The van der Waals surface area contributed by atoms with Crippen molar-refractivity contribution >= 4 is 11.4 Å². The number of hydrogen-bond acceptors (Lipinski definition) is 3. The Labute approximate surface area is 209 Å². The minimum atomic E-state index is -0.0382. The van der Waals surface area contributed by atoms with E-state index in [0.717, 1.165) is 60.7 Å². The van der Waals surface area contributed by atoms with E-state index in [0.29, 0.717) is 10.8 Å². The van der Waals surface area contributed by atoms with Crippen LogP contribution >= 0.6 is 0 Å². The zero-order valence-corrected chi connectivity index (χ0v) is 22.9. The molecule has 0 saturated heterocycles. The third kappa shape index (κ3) is 4.46. The van der Waals surface area contributed by atoms with Gasteiger partial charge in [-0.25, -0.2) is 0 Å². The third-order valence-electron chi connectivity index (χ3n) is 12.2. The van der Waals surface area contributed by atoms with Crippen molar-refractivity contribution in [3.05, 3.63) is 0 Å². The molecule has 1 N–H and O–H groups in total. The van der Waals surface area contributed by atoms with Crippen molar-refractivity contribution in [3.63, 3.8) is 0 Å². The van der Waals surface area contributed by atoms with Gasteiger partial charge in [0.25, 0.3) is 0 Å². The fraction of sp³-hybridized carbons (Fsp3) is 0.935. The maximum absolute atomic E-state index is 10.5. The molecule has 0 aromatic rings. The summed E-state index contributed by atoms with van der Waals surface area (Å²) in [6, 6.07) is 0. The van der Waals surface area contributed by atoms with Crippen molar-refractivity contribution in [2.24, 2.45) is 62.5 Å². The molecule has 0 spiro atoms. The average molecular weight is 469 g/mol.